The summed E-state index contributed by atoms with van der Waals surface area (Å²) in [5.41, 5.74) is 0.447. The van der Waals surface area contributed by atoms with E-state index in [1.54, 1.807) is 6.08 Å². The lowest BCUT2D eigenvalue weighted by atomic mass is 10.2. The SMILES string of the molecule is C=CCNC(=O)[C@@H]1CCCN1C(=O)OC(C)(C)C.CNC(=O)OCc1ccccc1. The molecule has 0 aliphatic carbocycles. The highest BCUT2D eigenvalue weighted by Crippen LogP contribution is 2.20. The van der Waals surface area contributed by atoms with Crippen molar-refractivity contribution in [2.45, 2.75) is 51.9 Å². The first kappa shape index (κ1) is 25.0. The molecule has 0 bridgehead atoms. The average Bonchev–Trinajstić information content (AvgIpc) is 3.20. The van der Waals surface area contributed by atoms with Crippen molar-refractivity contribution in [1.29, 1.82) is 0 Å². The standard InChI is InChI=1S/C13H22N2O3.C9H11NO2/c1-5-8-14-11(16)10-7-6-9-15(10)12(17)18-13(2,3)4;1-10-9(11)12-7-8-5-3-2-4-6-8/h5,10H,1,6-9H2,2-4H3,(H,14,16);2-6H,7H2,1H3,(H,10,11)/t10-;/m0./s1. The van der Waals surface area contributed by atoms with Gasteiger partial charge in [-0.25, -0.2) is 9.59 Å². The van der Waals surface area contributed by atoms with E-state index in [-0.39, 0.29) is 5.91 Å². The minimum atomic E-state index is -0.540. The van der Waals surface area contributed by atoms with E-state index in [0.29, 0.717) is 26.1 Å². The van der Waals surface area contributed by atoms with Gasteiger partial charge in [-0.15, -0.1) is 6.58 Å². The van der Waals surface area contributed by atoms with Gasteiger partial charge in [-0.2, -0.15) is 0 Å². The number of benzene rings is 1. The number of alkyl carbamates (subject to hydrolysis) is 1. The molecule has 1 aliphatic rings. The summed E-state index contributed by atoms with van der Waals surface area (Å²) in [5, 5.41) is 5.09. The van der Waals surface area contributed by atoms with E-state index >= 15 is 0 Å². The Morgan fingerprint density at radius 2 is 1.90 bits per heavy atom. The lowest BCUT2D eigenvalue weighted by Gasteiger charge is -2.27. The highest BCUT2D eigenvalue weighted by molar-refractivity contribution is 5.86. The Hall–Kier alpha value is -3.03. The van der Waals surface area contributed by atoms with Gasteiger partial charge in [0.15, 0.2) is 0 Å². The normalized spacial score (nSPS) is 15.3. The molecular weight excluding hydrogens is 386 g/mol. The molecule has 1 aromatic carbocycles. The molecule has 2 N–H and O–H groups in total. The van der Waals surface area contributed by atoms with Gasteiger partial charge in [0, 0.05) is 20.1 Å². The first-order valence-corrected chi connectivity index (χ1v) is 9.94. The van der Waals surface area contributed by atoms with Crippen LogP contribution in [0.5, 0.6) is 0 Å². The molecular formula is C22H33N3O5. The third kappa shape index (κ3) is 9.45. The number of nitrogens with zero attached hydrogens (tertiary/aromatic N) is 1. The third-order valence-corrected chi connectivity index (χ3v) is 4.02. The molecule has 1 aliphatic heterocycles. The van der Waals surface area contributed by atoms with Crippen LogP contribution in [-0.4, -0.2) is 54.8 Å². The fourth-order valence-electron chi connectivity index (χ4n) is 2.66. The molecule has 1 saturated heterocycles. The van der Waals surface area contributed by atoms with Gasteiger partial charge in [-0.05, 0) is 39.2 Å². The van der Waals surface area contributed by atoms with E-state index in [1.807, 2.05) is 51.1 Å². The Balaban J connectivity index is 0.000000325. The van der Waals surface area contributed by atoms with Crippen molar-refractivity contribution < 1.29 is 23.9 Å². The van der Waals surface area contributed by atoms with Gasteiger partial charge in [-0.1, -0.05) is 36.4 Å². The topological polar surface area (TPSA) is 97.0 Å². The number of ether oxygens (including phenoxy) is 2. The van der Waals surface area contributed by atoms with Crippen molar-refractivity contribution in [1.82, 2.24) is 15.5 Å². The Morgan fingerprint density at radius 3 is 2.47 bits per heavy atom. The van der Waals surface area contributed by atoms with Crippen LogP contribution in [-0.2, 0) is 20.9 Å². The molecule has 1 aromatic rings. The fraction of sp³-hybridized carbons (Fsp3) is 0.500. The molecule has 3 amide bonds. The van der Waals surface area contributed by atoms with E-state index in [9.17, 15) is 14.4 Å². The summed E-state index contributed by atoms with van der Waals surface area (Å²) in [6.07, 6.45) is 2.30. The second-order valence-corrected chi connectivity index (χ2v) is 7.68. The van der Waals surface area contributed by atoms with Crippen LogP contribution in [0.2, 0.25) is 0 Å². The van der Waals surface area contributed by atoms with E-state index in [2.05, 4.69) is 17.2 Å². The molecule has 30 heavy (non-hydrogen) atoms. The number of nitrogens with one attached hydrogen (secondary N) is 2. The smallest absolute Gasteiger partial charge is 0.410 e. The molecule has 0 saturated carbocycles. The summed E-state index contributed by atoms with van der Waals surface area (Å²) < 4.78 is 10.1. The van der Waals surface area contributed by atoms with E-state index in [0.717, 1.165) is 12.0 Å². The fourth-order valence-corrected chi connectivity index (χ4v) is 2.66. The van der Waals surface area contributed by atoms with Crippen molar-refractivity contribution in [3.05, 3.63) is 48.6 Å². The van der Waals surface area contributed by atoms with Crippen LogP contribution < -0.4 is 10.6 Å². The predicted octanol–water partition coefficient (Wildman–Crippen LogP) is 3.23. The van der Waals surface area contributed by atoms with Crippen molar-refractivity contribution in [3.63, 3.8) is 0 Å². The van der Waals surface area contributed by atoms with E-state index in [1.165, 1.54) is 11.9 Å². The highest BCUT2D eigenvalue weighted by atomic mass is 16.6. The van der Waals surface area contributed by atoms with Gasteiger partial charge in [0.05, 0.1) is 0 Å². The van der Waals surface area contributed by atoms with Crippen LogP contribution in [0.25, 0.3) is 0 Å². The van der Waals surface area contributed by atoms with Crippen LogP contribution >= 0.6 is 0 Å². The molecule has 166 valence electrons. The minimum absolute atomic E-state index is 0.141. The Labute approximate surface area is 178 Å². The summed E-state index contributed by atoms with van der Waals surface area (Å²) in [6, 6.07) is 9.13. The van der Waals surface area contributed by atoms with Crippen molar-refractivity contribution in [2.75, 3.05) is 20.1 Å². The molecule has 0 unspecified atom stereocenters. The first-order valence-electron chi connectivity index (χ1n) is 9.94. The maximum atomic E-state index is 12.0. The predicted molar refractivity (Wildman–Crippen MR) is 115 cm³/mol. The number of carbonyl (C=O) groups excluding carboxylic acids is 3. The molecule has 0 spiro atoms. The molecule has 1 fully saturated rings. The molecule has 0 aromatic heterocycles. The summed E-state index contributed by atoms with van der Waals surface area (Å²) in [5.74, 6) is -0.141. The van der Waals surface area contributed by atoms with Crippen LogP contribution in [0.15, 0.2) is 43.0 Å². The number of amides is 3. The van der Waals surface area contributed by atoms with Gasteiger partial charge in [-0.3, -0.25) is 9.69 Å². The zero-order valence-corrected chi connectivity index (χ0v) is 18.3. The quantitative estimate of drug-likeness (QED) is 0.714. The third-order valence-electron chi connectivity index (χ3n) is 4.02. The van der Waals surface area contributed by atoms with Crippen LogP contribution in [0, 0.1) is 0 Å². The van der Waals surface area contributed by atoms with Gasteiger partial charge in [0.2, 0.25) is 5.91 Å². The summed E-state index contributed by atoms with van der Waals surface area (Å²) in [7, 11) is 1.54. The van der Waals surface area contributed by atoms with Gasteiger partial charge < -0.3 is 20.1 Å². The van der Waals surface area contributed by atoms with Crippen LogP contribution in [0.4, 0.5) is 9.59 Å². The summed E-state index contributed by atoms with van der Waals surface area (Å²) in [4.78, 5) is 36.0. The maximum Gasteiger partial charge on any atom is 0.410 e. The largest absolute Gasteiger partial charge is 0.445 e. The van der Waals surface area contributed by atoms with Crippen LogP contribution in [0.1, 0.15) is 39.2 Å². The van der Waals surface area contributed by atoms with Gasteiger partial charge in [0.1, 0.15) is 18.2 Å². The molecule has 8 nitrogen and oxygen atoms in total. The number of hydrogen-bond acceptors (Lipinski definition) is 5. The molecule has 0 radical (unpaired) electrons. The van der Waals surface area contributed by atoms with Gasteiger partial charge >= 0.3 is 12.2 Å². The highest BCUT2D eigenvalue weighted by Gasteiger charge is 2.36. The summed E-state index contributed by atoms with van der Waals surface area (Å²) in [6.45, 7) is 10.3. The zero-order chi connectivity index (χ0) is 22.6. The molecule has 2 rings (SSSR count). The minimum Gasteiger partial charge on any atom is -0.445 e. The second kappa shape index (κ2) is 12.5. The monoisotopic (exact) mass is 419 g/mol. The Kier molecular flexibility index (Phi) is 10.4. The number of hydrogen-bond donors (Lipinski definition) is 2. The van der Waals surface area contributed by atoms with Gasteiger partial charge in [0.25, 0.3) is 0 Å². The maximum absolute atomic E-state index is 12.0. The number of likely N-dealkylation sites (tertiary alicyclic amines) is 1. The summed E-state index contributed by atoms with van der Waals surface area (Å²) >= 11 is 0. The Bertz CT molecular complexity index is 700. The van der Waals surface area contributed by atoms with Crippen molar-refractivity contribution in [2.24, 2.45) is 0 Å². The average molecular weight is 420 g/mol. The molecule has 8 heteroatoms. The number of rotatable bonds is 5. The molecule has 1 atom stereocenters. The van der Waals surface area contributed by atoms with E-state index in [4.69, 9.17) is 9.47 Å². The first-order chi connectivity index (χ1) is 14.2. The van der Waals surface area contributed by atoms with Crippen molar-refractivity contribution >= 4 is 18.1 Å². The zero-order valence-electron chi connectivity index (χ0n) is 18.3. The Morgan fingerprint density at radius 1 is 1.23 bits per heavy atom. The number of carbonyl (C=O) groups is 3. The van der Waals surface area contributed by atoms with Crippen molar-refractivity contribution in [3.8, 4) is 0 Å². The lowest BCUT2D eigenvalue weighted by Crippen LogP contribution is -2.47. The lowest BCUT2D eigenvalue weighted by molar-refractivity contribution is -0.125. The molecule has 1 heterocycles. The van der Waals surface area contributed by atoms with E-state index < -0.39 is 23.8 Å². The second-order valence-electron chi connectivity index (χ2n) is 7.68. The van der Waals surface area contributed by atoms with Crippen LogP contribution in [0.3, 0.4) is 0 Å².